The summed E-state index contributed by atoms with van der Waals surface area (Å²) in [6, 6.07) is 4.59. The zero-order valence-electron chi connectivity index (χ0n) is 14.1. The first-order chi connectivity index (χ1) is 12.3. The largest absolute Gasteiger partial charge is 0.481 e. The van der Waals surface area contributed by atoms with Gasteiger partial charge in [-0.1, -0.05) is 36.0 Å². The van der Waals surface area contributed by atoms with Gasteiger partial charge in [-0.3, -0.25) is 25.2 Å². The molecule has 0 bridgehead atoms. The van der Waals surface area contributed by atoms with E-state index in [0.29, 0.717) is 17.9 Å². The molecule has 1 fully saturated rings. The molecule has 7 nitrogen and oxygen atoms in total. The lowest BCUT2D eigenvalue weighted by atomic mass is 9.79. The number of amides is 2. The monoisotopic (exact) mass is 402 g/mol. The summed E-state index contributed by atoms with van der Waals surface area (Å²) in [6.07, 6.45) is 1.56. The average molecular weight is 403 g/mol. The van der Waals surface area contributed by atoms with Gasteiger partial charge in [-0.15, -0.1) is 0 Å². The molecule has 2 rings (SSSR count). The average Bonchev–Trinajstić information content (AvgIpc) is 2.61. The first kappa shape index (κ1) is 20.3. The molecule has 9 heteroatoms. The van der Waals surface area contributed by atoms with Crippen molar-refractivity contribution in [2.45, 2.75) is 38.7 Å². The van der Waals surface area contributed by atoms with Crippen LogP contribution in [-0.2, 0) is 14.4 Å². The van der Waals surface area contributed by atoms with Crippen LogP contribution in [0.5, 0.6) is 5.75 Å². The van der Waals surface area contributed by atoms with Crippen molar-refractivity contribution in [2.75, 3.05) is 0 Å². The number of hydrogen-bond donors (Lipinski definition) is 3. The van der Waals surface area contributed by atoms with Crippen LogP contribution in [0.25, 0.3) is 0 Å². The number of halogens is 2. The molecule has 3 N–H and O–H groups in total. The number of nitrogens with one attached hydrogen (secondary N) is 2. The molecular weight excluding hydrogens is 383 g/mol. The highest BCUT2D eigenvalue weighted by atomic mass is 35.5. The zero-order valence-corrected chi connectivity index (χ0v) is 15.6. The third-order valence-electron chi connectivity index (χ3n) is 4.30. The molecule has 1 aromatic carbocycles. The Labute approximate surface area is 161 Å². The smallest absolute Gasteiger partial charge is 0.307 e. The maximum Gasteiger partial charge on any atom is 0.307 e. The van der Waals surface area contributed by atoms with Gasteiger partial charge >= 0.3 is 5.97 Å². The molecule has 1 saturated carbocycles. The van der Waals surface area contributed by atoms with Crippen molar-refractivity contribution >= 4 is 41.0 Å². The van der Waals surface area contributed by atoms with E-state index in [9.17, 15) is 19.5 Å². The minimum absolute atomic E-state index is 0.257. The van der Waals surface area contributed by atoms with Crippen LogP contribution in [0.2, 0.25) is 10.0 Å². The molecule has 0 aliphatic heterocycles. The Hall–Kier alpha value is -1.99. The van der Waals surface area contributed by atoms with E-state index in [4.69, 9.17) is 27.9 Å². The van der Waals surface area contributed by atoms with Gasteiger partial charge in [0.15, 0.2) is 6.10 Å². The number of hydrazine groups is 1. The summed E-state index contributed by atoms with van der Waals surface area (Å²) in [5.74, 6) is -3.21. The van der Waals surface area contributed by atoms with Crippen molar-refractivity contribution in [3.63, 3.8) is 0 Å². The van der Waals surface area contributed by atoms with Gasteiger partial charge in [0.25, 0.3) is 5.91 Å². The van der Waals surface area contributed by atoms with Gasteiger partial charge in [0.2, 0.25) is 5.91 Å². The summed E-state index contributed by atoms with van der Waals surface area (Å²) in [5, 5.41) is 9.92. The second kappa shape index (κ2) is 9.09. The molecular formula is C17H20Cl2N2O5. The summed E-state index contributed by atoms with van der Waals surface area (Å²) in [5.41, 5.74) is 4.56. The molecule has 0 aromatic heterocycles. The number of carbonyl (C=O) groups is 3. The van der Waals surface area contributed by atoms with Crippen LogP contribution in [0, 0.1) is 11.8 Å². The Balaban J connectivity index is 1.88. The first-order valence-electron chi connectivity index (χ1n) is 8.24. The Morgan fingerprint density at radius 3 is 2.42 bits per heavy atom. The fourth-order valence-electron chi connectivity index (χ4n) is 2.87. The molecule has 2 amide bonds. The van der Waals surface area contributed by atoms with Crippen LogP contribution in [0.1, 0.15) is 32.6 Å². The predicted molar refractivity (Wildman–Crippen MR) is 95.9 cm³/mol. The minimum Gasteiger partial charge on any atom is -0.481 e. The maximum absolute atomic E-state index is 12.2. The van der Waals surface area contributed by atoms with Crippen LogP contribution >= 0.6 is 23.2 Å². The Morgan fingerprint density at radius 1 is 1.15 bits per heavy atom. The number of benzene rings is 1. The summed E-state index contributed by atoms with van der Waals surface area (Å²) >= 11 is 11.8. The standard InChI is InChI=1S/C17H20Cl2N2O5/c1-9(26-14-7-6-10(18)8-13(14)19)15(22)20-21-16(23)11-4-2-3-5-12(11)17(24)25/h6-9,11-12H,2-5H2,1H3,(H,20,22)(H,21,23)(H,24,25)/t9?,11-,12+/m0/s1. The van der Waals surface area contributed by atoms with Gasteiger partial charge in [0.1, 0.15) is 5.75 Å². The molecule has 3 atom stereocenters. The molecule has 1 aliphatic rings. The fourth-order valence-corrected chi connectivity index (χ4v) is 3.33. The lowest BCUT2D eigenvalue weighted by Crippen LogP contribution is -2.51. The van der Waals surface area contributed by atoms with E-state index in [0.717, 1.165) is 12.8 Å². The number of aliphatic carboxylic acids is 1. The Morgan fingerprint density at radius 2 is 1.81 bits per heavy atom. The van der Waals surface area contributed by atoms with Crippen molar-refractivity contribution in [3.05, 3.63) is 28.2 Å². The molecule has 1 aliphatic carbocycles. The molecule has 1 unspecified atom stereocenters. The van der Waals surface area contributed by atoms with Gasteiger partial charge in [-0.2, -0.15) is 0 Å². The quantitative estimate of drug-likeness (QED) is 0.656. The SMILES string of the molecule is CC(Oc1ccc(Cl)cc1Cl)C(=O)NNC(=O)[C@H]1CCCC[C@H]1C(=O)O. The minimum atomic E-state index is -0.995. The van der Waals surface area contributed by atoms with Gasteiger partial charge in [-0.05, 0) is 38.0 Å². The Bertz CT molecular complexity index is 698. The number of carboxylic acids is 1. The Kier molecular flexibility index (Phi) is 7.11. The van der Waals surface area contributed by atoms with E-state index in [1.165, 1.54) is 19.1 Å². The van der Waals surface area contributed by atoms with Gasteiger partial charge in [-0.25, -0.2) is 0 Å². The predicted octanol–water partition coefficient (Wildman–Crippen LogP) is 2.80. The van der Waals surface area contributed by atoms with Crippen LogP contribution in [0.3, 0.4) is 0 Å². The highest BCUT2D eigenvalue weighted by molar-refractivity contribution is 6.35. The first-order valence-corrected chi connectivity index (χ1v) is 8.99. The summed E-state index contributed by atoms with van der Waals surface area (Å²) < 4.78 is 5.45. The highest BCUT2D eigenvalue weighted by Crippen LogP contribution is 2.30. The number of carbonyl (C=O) groups excluding carboxylic acids is 2. The zero-order chi connectivity index (χ0) is 19.3. The van der Waals surface area contributed by atoms with Crippen molar-refractivity contribution in [2.24, 2.45) is 11.8 Å². The van der Waals surface area contributed by atoms with Gasteiger partial charge in [0.05, 0.1) is 16.9 Å². The second-order valence-electron chi connectivity index (χ2n) is 6.15. The lowest BCUT2D eigenvalue weighted by Gasteiger charge is -2.27. The van der Waals surface area contributed by atoms with Crippen LogP contribution in [-0.4, -0.2) is 29.0 Å². The van der Waals surface area contributed by atoms with E-state index in [1.54, 1.807) is 6.07 Å². The van der Waals surface area contributed by atoms with E-state index in [1.807, 2.05) is 0 Å². The van der Waals surface area contributed by atoms with E-state index in [-0.39, 0.29) is 10.8 Å². The number of carboxylic acid groups (broad SMARTS) is 1. The molecule has 0 saturated heterocycles. The highest BCUT2D eigenvalue weighted by Gasteiger charge is 2.36. The van der Waals surface area contributed by atoms with Crippen molar-refractivity contribution in [1.82, 2.24) is 10.9 Å². The molecule has 1 aromatic rings. The topological polar surface area (TPSA) is 105 Å². The van der Waals surface area contributed by atoms with E-state index in [2.05, 4.69) is 10.9 Å². The normalized spacial score (nSPS) is 20.7. The van der Waals surface area contributed by atoms with Crippen molar-refractivity contribution < 1.29 is 24.2 Å². The maximum atomic E-state index is 12.2. The molecule has 0 radical (unpaired) electrons. The van der Waals surface area contributed by atoms with Gasteiger partial charge in [0, 0.05) is 5.02 Å². The third kappa shape index (κ3) is 5.25. The van der Waals surface area contributed by atoms with E-state index < -0.39 is 35.7 Å². The number of rotatable bonds is 5. The third-order valence-corrected chi connectivity index (χ3v) is 4.83. The summed E-state index contributed by atoms with van der Waals surface area (Å²) in [6.45, 7) is 1.49. The number of hydrogen-bond acceptors (Lipinski definition) is 4. The van der Waals surface area contributed by atoms with Crippen LogP contribution in [0.4, 0.5) is 0 Å². The van der Waals surface area contributed by atoms with E-state index >= 15 is 0 Å². The van der Waals surface area contributed by atoms with Crippen molar-refractivity contribution in [1.29, 1.82) is 0 Å². The second-order valence-corrected chi connectivity index (χ2v) is 6.99. The summed E-state index contributed by atoms with van der Waals surface area (Å²) in [7, 11) is 0. The van der Waals surface area contributed by atoms with Gasteiger partial charge < -0.3 is 9.84 Å². The van der Waals surface area contributed by atoms with Crippen LogP contribution < -0.4 is 15.6 Å². The summed E-state index contributed by atoms with van der Waals surface area (Å²) in [4.78, 5) is 35.6. The molecule has 0 heterocycles. The molecule has 0 spiro atoms. The molecule has 26 heavy (non-hydrogen) atoms. The number of ether oxygens (including phenoxy) is 1. The van der Waals surface area contributed by atoms with Crippen LogP contribution in [0.15, 0.2) is 18.2 Å². The van der Waals surface area contributed by atoms with Crippen molar-refractivity contribution in [3.8, 4) is 5.75 Å². The lowest BCUT2D eigenvalue weighted by molar-refractivity contribution is -0.149. The molecule has 142 valence electrons. The fraction of sp³-hybridized carbons (Fsp3) is 0.471.